The highest BCUT2D eigenvalue weighted by atomic mass is 31.2. The van der Waals surface area contributed by atoms with Crippen LogP contribution in [0.5, 0.6) is 0 Å². The molecule has 0 radical (unpaired) electrons. The highest BCUT2D eigenvalue weighted by Gasteiger charge is 2.40. The lowest BCUT2D eigenvalue weighted by Gasteiger charge is -2.30. The molecule has 0 N–H and O–H groups in total. The van der Waals surface area contributed by atoms with Gasteiger partial charge in [0.1, 0.15) is 0 Å². The molecule has 1 aliphatic rings. The Labute approximate surface area is 211 Å². The van der Waals surface area contributed by atoms with Crippen LogP contribution in [-0.2, 0) is 5.41 Å². The number of likely N-dealkylation sites (N-methyl/N-ethyl adjacent to an activating group) is 1. The molecule has 180 valence electrons. The third-order valence-corrected chi connectivity index (χ3v) is 10.2. The lowest BCUT2D eigenvalue weighted by Crippen LogP contribution is -2.25. The second-order valence-corrected chi connectivity index (χ2v) is 12.3. The minimum Gasteiger partial charge on any atom is -0.347 e. The zero-order valence-corrected chi connectivity index (χ0v) is 21.5. The molecule has 4 aromatic carbocycles. The van der Waals surface area contributed by atoms with Crippen molar-refractivity contribution >= 4 is 34.7 Å². The molecule has 0 amide bonds. The lowest BCUT2D eigenvalue weighted by atomic mass is 9.84. The summed E-state index contributed by atoms with van der Waals surface area (Å²) in [5.41, 5.74) is 4.23. The summed E-state index contributed by atoms with van der Waals surface area (Å²) >= 11 is 0. The number of allylic oxidation sites excluding steroid dienone is 1. The maximum absolute atomic E-state index is 11.3. The molecule has 5 rings (SSSR count). The molecule has 0 bridgehead atoms. The topological polar surface area (TPSA) is 58.7 Å². The largest absolute Gasteiger partial charge is 0.347 e. The molecule has 0 saturated carbocycles. The molecule has 0 spiro atoms. The normalized spacial score (nSPS) is 15.5. The summed E-state index contributed by atoms with van der Waals surface area (Å²) in [4.78, 5) is 13.2. The molecule has 4 aromatic rings. The average Bonchev–Trinajstić information content (AvgIpc) is 3.10. The zero-order valence-electron chi connectivity index (χ0n) is 20.6. The SMILES string of the molecule is CN1/C(=C\P(=Nc2ccc([N+](=O)[O-])cc2)(c2ccccc2)c2ccccc2)C(C)(C)c2ccccc21. The van der Waals surface area contributed by atoms with Crippen LogP contribution in [0, 0.1) is 10.1 Å². The van der Waals surface area contributed by atoms with Crippen molar-refractivity contribution in [3.63, 3.8) is 0 Å². The lowest BCUT2D eigenvalue weighted by molar-refractivity contribution is -0.384. The van der Waals surface area contributed by atoms with Crippen LogP contribution in [0.25, 0.3) is 0 Å². The standard InChI is InChI=1S/C30H28N3O2P/c1-30(2)27-16-10-11-17-28(27)32(3)29(30)22-36(25-12-6-4-7-13-25,26-14-8-5-9-15-26)31-23-18-20-24(21-19-23)33(34)35/h4-22H,1-3H3/b29-22-. The summed E-state index contributed by atoms with van der Waals surface area (Å²) in [5, 5.41) is 13.5. The summed E-state index contributed by atoms with van der Waals surface area (Å²) in [6.07, 6.45) is 0. The second-order valence-electron chi connectivity index (χ2n) is 9.45. The molecule has 5 nitrogen and oxygen atoms in total. The van der Waals surface area contributed by atoms with Crippen LogP contribution in [-0.4, -0.2) is 12.0 Å². The van der Waals surface area contributed by atoms with E-state index in [1.54, 1.807) is 12.1 Å². The van der Waals surface area contributed by atoms with Crippen molar-refractivity contribution in [3.05, 3.63) is 136 Å². The Morgan fingerprint density at radius 2 is 1.33 bits per heavy atom. The summed E-state index contributed by atoms with van der Waals surface area (Å²) in [5.74, 6) is 2.37. The van der Waals surface area contributed by atoms with Crippen LogP contribution < -0.4 is 15.5 Å². The molecule has 36 heavy (non-hydrogen) atoms. The Morgan fingerprint density at radius 1 is 0.806 bits per heavy atom. The van der Waals surface area contributed by atoms with Crippen LogP contribution in [0.2, 0.25) is 0 Å². The first-order chi connectivity index (χ1) is 17.3. The van der Waals surface area contributed by atoms with Crippen molar-refractivity contribution in [2.45, 2.75) is 19.3 Å². The third-order valence-electron chi connectivity index (χ3n) is 6.88. The molecule has 1 heterocycles. The Bertz CT molecular complexity index is 1450. The van der Waals surface area contributed by atoms with Gasteiger partial charge >= 0.3 is 0 Å². The van der Waals surface area contributed by atoms with E-state index >= 15 is 0 Å². The number of fused-ring (bicyclic) bond motifs is 1. The van der Waals surface area contributed by atoms with Crippen LogP contribution in [0.3, 0.4) is 0 Å². The maximum atomic E-state index is 11.3. The van der Waals surface area contributed by atoms with E-state index in [-0.39, 0.29) is 16.0 Å². The van der Waals surface area contributed by atoms with Crippen LogP contribution in [0.15, 0.2) is 125 Å². The van der Waals surface area contributed by atoms with Gasteiger partial charge in [0.05, 0.1) is 17.7 Å². The number of benzene rings is 4. The Balaban J connectivity index is 1.84. The first-order valence-corrected chi connectivity index (χ1v) is 13.7. The molecule has 0 fully saturated rings. The van der Waals surface area contributed by atoms with Gasteiger partial charge in [-0.25, -0.2) is 0 Å². The predicted molar refractivity (Wildman–Crippen MR) is 150 cm³/mol. The second kappa shape index (κ2) is 9.25. The maximum Gasteiger partial charge on any atom is 0.269 e. The van der Waals surface area contributed by atoms with Gasteiger partial charge in [-0.2, -0.15) is 0 Å². The minimum absolute atomic E-state index is 0.0581. The van der Waals surface area contributed by atoms with Gasteiger partial charge in [-0.15, -0.1) is 0 Å². The smallest absolute Gasteiger partial charge is 0.269 e. The molecule has 6 heteroatoms. The van der Waals surface area contributed by atoms with Crippen molar-refractivity contribution in [2.75, 3.05) is 11.9 Å². The fraction of sp³-hybridized carbons (Fsp3) is 0.133. The van der Waals surface area contributed by atoms with Gasteiger partial charge in [-0.1, -0.05) is 92.7 Å². The highest BCUT2D eigenvalue weighted by Crippen LogP contribution is 2.57. The zero-order chi connectivity index (χ0) is 25.3. The molecule has 1 aliphatic heterocycles. The van der Waals surface area contributed by atoms with Gasteiger partial charge in [0.2, 0.25) is 0 Å². The van der Waals surface area contributed by atoms with Gasteiger partial charge in [-0.3, -0.25) is 14.9 Å². The van der Waals surface area contributed by atoms with Crippen LogP contribution in [0.4, 0.5) is 17.1 Å². The van der Waals surface area contributed by atoms with E-state index in [0.29, 0.717) is 0 Å². The average molecular weight is 494 g/mol. The quantitative estimate of drug-likeness (QED) is 0.166. The van der Waals surface area contributed by atoms with Gasteiger partial charge < -0.3 is 4.90 Å². The number of hydrogen-bond acceptors (Lipinski definition) is 4. The molecule has 0 unspecified atom stereocenters. The van der Waals surface area contributed by atoms with Crippen molar-refractivity contribution < 1.29 is 4.92 Å². The fourth-order valence-corrected chi connectivity index (χ4v) is 8.47. The summed E-state index contributed by atoms with van der Waals surface area (Å²) in [6, 6.07) is 35.9. The van der Waals surface area contributed by atoms with Crippen molar-refractivity contribution in [1.29, 1.82) is 0 Å². The Morgan fingerprint density at radius 3 is 1.86 bits per heavy atom. The van der Waals surface area contributed by atoms with E-state index in [2.05, 4.69) is 104 Å². The number of rotatable bonds is 5. The number of hydrogen-bond donors (Lipinski definition) is 0. The fourth-order valence-electron chi connectivity index (χ4n) is 4.98. The summed E-state index contributed by atoms with van der Waals surface area (Å²) < 4.78 is 5.44. The molecule has 0 atom stereocenters. The van der Waals surface area contributed by atoms with Crippen molar-refractivity contribution in [1.82, 2.24) is 0 Å². The number of nitro groups is 1. The molecular weight excluding hydrogens is 465 g/mol. The monoisotopic (exact) mass is 493 g/mol. The van der Waals surface area contributed by atoms with Crippen molar-refractivity contribution in [2.24, 2.45) is 4.74 Å². The molecule has 0 saturated heterocycles. The number of non-ortho nitro benzene ring substituents is 1. The van der Waals surface area contributed by atoms with Gasteiger partial charge in [0.25, 0.3) is 5.69 Å². The van der Waals surface area contributed by atoms with Crippen molar-refractivity contribution in [3.8, 4) is 0 Å². The predicted octanol–water partition coefficient (Wildman–Crippen LogP) is 7.35. The molecular formula is C30H28N3O2P. The van der Waals surface area contributed by atoms with E-state index in [1.807, 2.05) is 12.1 Å². The van der Waals surface area contributed by atoms with E-state index < -0.39 is 7.05 Å². The Hall–Kier alpha value is -3.95. The number of nitrogens with zero attached hydrogens (tertiary/aromatic N) is 3. The first kappa shape index (κ1) is 23.8. The number of nitro benzene ring substituents is 1. The third kappa shape index (κ3) is 4.06. The molecule has 0 aliphatic carbocycles. The summed E-state index contributed by atoms with van der Waals surface area (Å²) in [6.45, 7) is 4.52. The van der Waals surface area contributed by atoms with E-state index in [4.69, 9.17) is 4.74 Å². The van der Waals surface area contributed by atoms with Crippen LogP contribution >= 0.6 is 7.05 Å². The van der Waals surface area contributed by atoms with Crippen LogP contribution in [0.1, 0.15) is 19.4 Å². The van der Waals surface area contributed by atoms with E-state index in [0.717, 1.165) is 16.3 Å². The Kier molecular flexibility index (Phi) is 6.11. The number of anilines is 1. The highest BCUT2D eigenvalue weighted by molar-refractivity contribution is 7.83. The first-order valence-electron chi connectivity index (χ1n) is 11.9. The van der Waals surface area contributed by atoms with Gasteiger partial charge in [-0.05, 0) is 29.6 Å². The number of para-hydroxylation sites is 1. The minimum atomic E-state index is -2.51. The summed E-state index contributed by atoms with van der Waals surface area (Å²) in [7, 11) is -0.384. The van der Waals surface area contributed by atoms with Gasteiger partial charge in [0.15, 0.2) is 0 Å². The molecule has 0 aromatic heterocycles. The van der Waals surface area contributed by atoms with E-state index in [1.165, 1.54) is 29.1 Å². The van der Waals surface area contributed by atoms with E-state index in [9.17, 15) is 10.1 Å². The van der Waals surface area contributed by atoms with Gasteiger partial charge in [0, 0.05) is 46.6 Å².